The molecule has 0 aromatic heterocycles. The van der Waals surface area contributed by atoms with Crippen molar-refractivity contribution in [2.24, 2.45) is 0 Å². The summed E-state index contributed by atoms with van der Waals surface area (Å²) >= 11 is 0. The Hall–Kier alpha value is -3.92. The van der Waals surface area contributed by atoms with Crippen molar-refractivity contribution in [2.45, 2.75) is 0 Å². The van der Waals surface area contributed by atoms with E-state index in [-0.39, 0.29) is 22.9 Å². The number of hydrogen-bond donors (Lipinski definition) is 0. The summed E-state index contributed by atoms with van der Waals surface area (Å²) in [5.41, 5.74) is 0.939. The molecule has 7 heteroatoms. The van der Waals surface area contributed by atoms with Crippen molar-refractivity contribution >= 4 is 24.1 Å². The van der Waals surface area contributed by atoms with Gasteiger partial charge < -0.3 is 14.2 Å². The first-order chi connectivity index (χ1) is 13.5. The van der Waals surface area contributed by atoms with Crippen LogP contribution in [0.2, 0.25) is 0 Å². The molecule has 0 radical (unpaired) electrons. The number of nitriles is 1. The van der Waals surface area contributed by atoms with Crippen LogP contribution in [0.15, 0.2) is 54.1 Å². The number of halogens is 1. The largest absolute Gasteiger partial charge is 0.493 e. The molecule has 28 heavy (non-hydrogen) atoms. The first-order valence-corrected chi connectivity index (χ1v) is 8.00. The molecule has 0 aliphatic heterocycles. The highest BCUT2D eigenvalue weighted by Gasteiger charge is 2.12. The van der Waals surface area contributed by atoms with E-state index in [1.54, 1.807) is 12.1 Å². The Bertz CT molecular complexity index is 971. The van der Waals surface area contributed by atoms with Crippen LogP contribution < -0.4 is 9.47 Å². The van der Waals surface area contributed by atoms with Crippen LogP contribution >= 0.6 is 0 Å². The fraction of sp³-hybridized carbons (Fsp3) is 0.0952. The van der Waals surface area contributed by atoms with Gasteiger partial charge in [-0.25, -0.2) is 14.0 Å². The second kappa shape index (κ2) is 9.69. The lowest BCUT2D eigenvalue weighted by Crippen LogP contribution is -2.05. The third kappa shape index (κ3) is 5.54. The van der Waals surface area contributed by atoms with Gasteiger partial charge in [-0.15, -0.1) is 0 Å². The molecule has 142 valence electrons. The van der Waals surface area contributed by atoms with E-state index in [1.807, 2.05) is 0 Å². The molecule has 2 aromatic carbocycles. The predicted molar refractivity (Wildman–Crippen MR) is 99.7 cm³/mol. The molecule has 2 aromatic rings. The second-order valence-electron chi connectivity index (χ2n) is 5.38. The Morgan fingerprint density at radius 2 is 1.71 bits per heavy atom. The number of nitrogens with zero attached hydrogens (tertiary/aromatic N) is 1. The van der Waals surface area contributed by atoms with Crippen LogP contribution in [-0.4, -0.2) is 26.2 Å². The van der Waals surface area contributed by atoms with E-state index in [9.17, 15) is 14.0 Å². The summed E-state index contributed by atoms with van der Waals surface area (Å²) in [6.07, 6.45) is 4.01. The summed E-state index contributed by atoms with van der Waals surface area (Å²) in [6, 6.07) is 11.9. The lowest BCUT2D eigenvalue weighted by molar-refractivity contribution is -0.135. The van der Waals surface area contributed by atoms with E-state index >= 15 is 0 Å². The van der Waals surface area contributed by atoms with Crippen LogP contribution in [0.4, 0.5) is 4.39 Å². The molecule has 0 N–H and O–H groups in total. The van der Waals surface area contributed by atoms with Crippen molar-refractivity contribution in [1.82, 2.24) is 0 Å². The molecule has 0 heterocycles. The van der Waals surface area contributed by atoms with Crippen molar-refractivity contribution in [3.8, 4) is 17.6 Å². The zero-order valence-corrected chi connectivity index (χ0v) is 15.1. The van der Waals surface area contributed by atoms with Crippen LogP contribution in [-0.2, 0) is 14.3 Å². The van der Waals surface area contributed by atoms with Crippen LogP contribution in [0.3, 0.4) is 0 Å². The van der Waals surface area contributed by atoms with Gasteiger partial charge in [0.2, 0.25) is 0 Å². The molecule has 2 rings (SSSR count). The molecule has 0 amide bonds. The molecule has 0 aliphatic rings. The van der Waals surface area contributed by atoms with E-state index in [1.165, 1.54) is 68.8 Å². The Labute approximate surface area is 161 Å². The van der Waals surface area contributed by atoms with Crippen LogP contribution in [0.1, 0.15) is 11.1 Å². The second-order valence-corrected chi connectivity index (χ2v) is 5.38. The van der Waals surface area contributed by atoms with Gasteiger partial charge in [0.15, 0.2) is 11.5 Å². The summed E-state index contributed by atoms with van der Waals surface area (Å²) in [5.74, 6) is -1.39. The van der Waals surface area contributed by atoms with E-state index in [0.717, 1.165) is 0 Å². The maximum absolute atomic E-state index is 12.9. The maximum atomic E-state index is 12.9. The van der Waals surface area contributed by atoms with Gasteiger partial charge in [0.1, 0.15) is 17.5 Å². The number of benzene rings is 2. The Morgan fingerprint density at radius 1 is 1.04 bits per heavy atom. The molecule has 0 unspecified atom stereocenters. The van der Waals surface area contributed by atoms with Gasteiger partial charge in [-0.1, -0.05) is 18.2 Å². The monoisotopic (exact) mass is 381 g/mol. The molecular weight excluding hydrogens is 365 g/mol. The number of esters is 2. The van der Waals surface area contributed by atoms with E-state index in [2.05, 4.69) is 4.74 Å². The quantitative estimate of drug-likeness (QED) is 0.329. The fourth-order valence-corrected chi connectivity index (χ4v) is 2.15. The smallest absolute Gasteiger partial charge is 0.348 e. The third-order valence-corrected chi connectivity index (χ3v) is 3.52. The Morgan fingerprint density at radius 3 is 2.32 bits per heavy atom. The minimum absolute atomic E-state index is 0.157. The molecule has 0 fully saturated rings. The number of ether oxygens (including phenoxy) is 3. The van der Waals surface area contributed by atoms with E-state index < -0.39 is 11.9 Å². The normalized spacial score (nSPS) is 11.0. The number of hydrogen-bond acceptors (Lipinski definition) is 6. The number of carbonyl (C=O) groups is 2. The molecule has 6 nitrogen and oxygen atoms in total. The third-order valence-electron chi connectivity index (χ3n) is 3.52. The molecule has 0 spiro atoms. The lowest BCUT2D eigenvalue weighted by atomic mass is 10.1. The fourth-order valence-electron chi connectivity index (χ4n) is 2.15. The van der Waals surface area contributed by atoms with Gasteiger partial charge in [0.05, 0.1) is 14.2 Å². The first kappa shape index (κ1) is 20.4. The molecule has 0 saturated carbocycles. The SMILES string of the molecule is COC(=O)/C(C#N)=C/c1ccc(OC(=O)/C=C/c2ccc(F)cc2)c(OC)c1. The minimum atomic E-state index is -0.761. The lowest BCUT2D eigenvalue weighted by Gasteiger charge is -2.09. The molecule has 0 aliphatic carbocycles. The van der Waals surface area contributed by atoms with Gasteiger partial charge in [0, 0.05) is 6.08 Å². The molecule has 0 saturated heterocycles. The van der Waals surface area contributed by atoms with Gasteiger partial charge in [-0.05, 0) is 47.5 Å². The first-order valence-electron chi connectivity index (χ1n) is 8.00. The van der Waals surface area contributed by atoms with E-state index in [0.29, 0.717) is 11.1 Å². The topological polar surface area (TPSA) is 85.6 Å². The molecular formula is C21H16FNO5. The van der Waals surface area contributed by atoms with Crippen molar-refractivity contribution in [2.75, 3.05) is 14.2 Å². The Kier molecular flexibility index (Phi) is 7.06. The van der Waals surface area contributed by atoms with E-state index in [4.69, 9.17) is 14.7 Å². The standard InChI is InChI=1S/C21H16FNO5/c1-26-19-12-15(11-16(13-23)21(25)27-2)5-9-18(19)28-20(24)10-6-14-3-7-17(22)8-4-14/h3-12H,1-2H3/b10-6+,16-11+. The number of methoxy groups -OCH3 is 2. The average molecular weight is 381 g/mol. The Balaban J connectivity index is 2.16. The maximum Gasteiger partial charge on any atom is 0.348 e. The van der Waals surface area contributed by atoms with Crippen molar-refractivity contribution in [3.05, 3.63) is 71.1 Å². The highest BCUT2D eigenvalue weighted by molar-refractivity contribution is 5.98. The van der Waals surface area contributed by atoms with Crippen molar-refractivity contribution < 1.29 is 28.2 Å². The summed E-state index contributed by atoms with van der Waals surface area (Å²) in [5, 5.41) is 9.01. The van der Waals surface area contributed by atoms with Crippen molar-refractivity contribution in [3.63, 3.8) is 0 Å². The van der Waals surface area contributed by atoms with Crippen LogP contribution in [0, 0.1) is 17.1 Å². The van der Waals surface area contributed by atoms with Crippen molar-refractivity contribution in [1.29, 1.82) is 5.26 Å². The minimum Gasteiger partial charge on any atom is -0.493 e. The van der Waals surface area contributed by atoms with Gasteiger partial charge in [-0.2, -0.15) is 5.26 Å². The molecule has 0 atom stereocenters. The average Bonchev–Trinajstić information content (AvgIpc) is 2.71. The highest BCUT2D eigenvalue weighted by Crippen LogP contribution is 2.29. The predicted octanol–water partition coefficient (Wildman–Crippen LogP) is 3.53. The zero-order chi connectivity index (χ0) is 20.5. The van der Waals surface area contributed by atoms with Crippen LogP contribution in [0.25, 0.3) is 12.2 Å². The van der Waals surface area contributed by atoms with Gasteiger partial charge >= 0.3 is 11.9 Å². The molecule has 0 bridgehead atoms. The number of carbonyl (C=O) groups excluding carboxylic acids is 2. The number of rotatable bonds is 6. The summed E-state index contributed by atoms with van der Waals surface area (Å²) < 4.78 is 27.8. The summed E-state index contributed by atoms with van der Waals surface area (Å²) in [6.45, 7) is 0. The van der Waals surface area contributed by atoms with Gasteiger partial charge in [-0.3, -0.25) is 0 Å². The van der Waals surface area contributed by atoms with Crippen LogP contribution in [0.5, 0.6) is 11.5 Å². The van der Waals surface area contributed by atoms with Gasteiger partial charge in [0.25, 0.3) is 0 Å². The summed E-state index contributed by atoms with van der Waals surface area (Å²) in [7, 11) is 2.57. The highest BCUT2D eigenvalue weighted by atomic mass is 19.1. The zero-order valence-electron chi connectivity index (χ0n) is 15.1. The summed E-state index contributed by atoms with van der Waals surface area (Å²) in [4.78, 5) is 23.5.